The number of methoxy groups -OCH3 is 1. The second-order valence-corrected chi connectivity index (χ2v) is 8.25. The second-order valence-electron chi connectivity index (χ2n) is 8.25. The van der Waals surface area contributed by atoms with Gasteiger partial charge < -0.3 is 4.74 Å². The summed E-state index contributed by atoms with van der Waals surface area (Å²) in [6.45, 7) is 2.18. The highest BCUT2D eigenvalue weighted by Crippen LogP contribution is 2.46. The highest BCUT2D eigenvalue weighted by atomic mass is 16.5. The van der Waals surface area contributed by atoms with Crippen LogP contribution in [-0.2, 0) is 12.8 Å². The molecule has 0 bridgehead atoms. The molecule has 0 amide bonds. The van der Waals surface area contributed by atoms with Gasteiger partial charge in [0.15, 0.2) is 5.43 Å². The fourth-order valence-electron chi connectivity index (χ4n) is 4.91. The Morgan fingerprint density at radius 1 is 0.839 bits per heavy atom. The molecule has 0 radical (unpaired) electrons. The first-order valence-corrected chi connectivity index (χ1v) is 11.1. The third-order valence-electron chi connectivity index (χ3n) is 6.44. The quantitative estimate of drug-likeness (QED) is 0.321. The molecule has 0 atom stereocenters. The molecule has 1 aliphatic rings. The van der Waals surface area contributed by atoms with Gasteiger partial charge in [0.05, 0.1) is 7.11 Å². The zero-order chi connectivity index (χ0) is 21.4. The molecule has 5 rings (SSSR count). The average Bonchev–Trinajstić information content (AvgIpc) is 3.16. The SMILES string of the molecule is CCCCc1c(-c2ccc(OC)cc2)c2c(c3ccccc3c1=O)Cc1ccccc1-2. The highest BCUT2D eigenvalue weighted by Gasteiger charge is 2.26. The molecule has 0 unspecified atom stereocenters. The standard InChI is InChI=1S/C29H26O2/c1-3-4-10-25-27(19-14-16-21(31-2)17-15-19)28-22-11-6-5-9-20(22)18-26(28)23-12-7-8-13-24(23)29(25)30/h5-9,11-17H,3-4,10,18H2,1-2H3. The van der Waals surface area contributed by atoms with E-state index >= 15 is 0 Å². The van der Waals surface area contributed by atoms with Gasteiger partial charge in [0.2, 0.25) is 0 Å². The molecule has 154 valence electrons. The Morgan fingerprint density at radius 2 is 1.55 bits per heavy atom. The van der Waals surface area contributed by atoms with Gasteiger partial charge in [-0.2, -0.15) is 0 Å². The number of rotatable bonds is 5. The normalized spacial score (nSPS) is 11.9. The third kappa shape index (κ3) is 3.23. The summed E-state index contributed by atoms with van der Waals surface area (Å²) >= 11 is 0. The number of benzene rings is 3. The lowest BCUT2D eigenvalue weighted by molar-refractivity contribution is 0.415. The van der Waals surface area contributed by atoms with E-state index in [9.17, 15) is 4.79 Å². The smallest absolute Gasteiger partial charge is 0.190 e. The van der Waals surface area contributed by atoms with Crippen LogP contribution in [0.5, 0.6) is 5.75 Å². The first-order chi connectivity index (χ1) is 15.2. The van der Waals surface area contributed by atoms with E-state index in [1.54, 1.807) is 7.11 Å². The van der Waals surface area contributed by atoms with Crippen molar-refractivity contribution in [2.45, 2.75) is 32.6 Å². The van der Waals surface area contributed by atoms with Crippen LogP contribution in [0, 0.1) is 0 Å². The Balaban J connectivity index is 1.97. The van der Waals surface area contributed by atoms with Gasteiger partial charge in [0.1, 0.15) is 5.75 Å². The molecule has 0 aliphatic heterocycles. The number of hydrogen-bond donors (Lipinski definition) is 0. The van der Waals surface area contributed by atoms with Crippen molar-refractivity contribution < 1.29 is 4.74 Å². The fourth-order valence-corrected chi connectivity index (χ4v) is 4.91. The fraction of sp³-hybridized carbons (Fsp3) is 0.207. The van der Waals surface area contributed by atoms with Crippen LogP contribution in [0.3, 0.4) is 0 Å². The molecular formula is C29H26O2. The molecule has 2 heteroatoms. The molecule has 0 saturated heterocycles. The van der Waals surface area contributed by atoms with E-state index < -0.39 is 0 Å². The predicted molar refractivity (Wildman–Crippen MR) is 129 cm³/mol. The summed E-state index contributed by atoms with van der Waals surface area (Å²) in [6.07, 6.45) is 3.68. The van der Waals surface area contributed by atoms with E-state index in [-0.39, 0.29) is 5.43 Å². The lowest BCUT2D eigenvalue weighted by atomic mass is 9.91. The molecule has 0 fully saturated rings. The van der Waals surface area contributed by atoms with Crippen LogP contribution in [0.2, 0.25) is 0 Å². The van der Waals surface area contributed by atoms with Crippen molar-refractivity contribution in [2.24, 2.45) is 0 Å². The zero-order valence-corrected chi connectivity index (χ0v) is 18.1. The predicted octanol–water partition coefficient (Wildman–Crippen LogP) is 6.79. The minimum Gasteiger partial charge on any atom is -0.497 e. The van der Waals surface area contributed by atoms with Crippen LogP contribution in [0.4, 0.5) is 0 Å². The van der Waals surface area contributed by atoms with E-state index in [1.165, 1.54) is 22.3 Å². The minimum atomic E-state index is 0.168. The largest absolute Gasteiger partial charge is 0.497 e. The van der Waals surface area contributed by atoms with Gasteiger partial charge in [0.25, 0.3) is 0 Å². The number of fused-ring (bicyclic) bond motifs is 5. The topological polar surface area (TPSA) is 26.3 Å². The van der Waals surface area contributed by atoms with E-state index in [2.05, 4.69) is 49.4 Å². The molecule has 0 aromatic heterocycles. The Hall–Kier alpha value is -3.39. The van der Waals surface area contributed by atoms with Crippen LogP contribution in [0.25, 0.3) is 33.0 Å². The Morgan fingerprint density at radius 3 is 2.29 bits per heavy atom. The summed E-state index contributed by atoms with van der Waals surface area (Å²) in [4.78, 5) is 13.9. The van der Waals surface area contributed by atoms with Gasteiger partial charge in [-0.05, 0) is 70.2 Å². The van der Waals surface area contributed by atoms with Crippen molar-refractivity contribution in [3.63, 3.8) is 0 Å². The van der Waals surface area contributed by atoms with Crippen molar-refractivity contribution in [1.82, 2.24) is 0 Å². The van der Waals surface area contributed by atoms with Crippen molar-refractivity contribution in [2.75, 3.05) is 7.11 Å². The van der Waals surface area contributed by atoms with Gasteiger partial charge in [-0.1, -0.05) is 74.0 Å². The molecule has 31 heavy (non-hydrogen) atoms. The summed E-state index contributed by atoms with van der Waals surface area (Å²) in [6, 6.07) is 24.9. The van der Waals surface area contributed by atoms with E-state index in [4.69, 9.17) is 4.74 Å². The number of unbranched alkanes of at least 4 members (excludes halogenated alkanes) is 1. The van der Waals surface area contributed by atoms with Gasteiger partial charge in [-0.3, -0.25) is 4.79 Å². The molecular weight excluding hydrogens is 380 g/mol. The molecule has 4 aromatic carbocycles. The summed E-state index contributed by atoms with van der Waals surface area (Å²) in [5, 5.41) is 1.91. The second kappa shape index (κ2) is 8.03. The maximum atomic E-state index is 13.9. The van der Waals surface area contributed by atoms with E-state index in [0.717, 1.165) is 58.9 Å². The van der Waals surface area contributed by atoms with Crippen molar-refractivity contribution in [3.05, 3.63) is 99.7 Å². The summed E-state index contributed by atoms with van der Waals surface area (Å²) < 4.78 is 5.39. The third-order valence-corrected chi connectivity index (χ3v) is 6.44. The molecule has 0 N–H and O–H groups in total. The molecule has 0 saturated carbocycles. The highest BCUT2D eigenvalue weighted by molar-refractivity contribution is 6.01. The number of hydrogen-bond acceptors (Lipinski definition) is 2. The lowest BCUT2D eigenvalue weighted by Crippen LogP contribution is -2.08. The Labute approximate surface area is 183 Å². The van der Waals surface area contributed by atoms with E-state index in [1.807, 2.05) is 30.3 Å². The maximum absolute atomic E-state index is 13.9. The Kier molecular flexibility index (Phi) is 5.07. The zero-order valence-electron chi connectivity index (χ0n) is 18.1. The molecule has 0 spiro atoms. The van der Waals surface area contributed by atoms with Gasteiger partial charge in [0, 0.05) is 10.9 Å². The maximum Gasteiger partial charge on any atom is 0.190 e. The van der Waals surface area contributed by atoms with Gasteiger partial charge in [-0.15, -0.1) is 0 Å². The van der Waals surface area contributed by atoms with Crippen LogP contribution in [0.1, 0.15) is 36.5 Å². The van der Waals surface area contributed by atoms with Crippen LogP contribution in [-0.4, -0.2) is 7.11 Å². The molecule has 4 aromatic rings. The van der Waals surface area contributed by atoms with Gasteiger partial charge >= 0.3 is 0 Å². The number of ether oxygens (including phenoxy) is 1. The van der Waals surface area contributed by atoms with Crippen molar-refractivity contribution in [1.29, 1.82) is 0 Å². The summed E-state index contributed by atoms with van der Waals surface area (Å²) in [5.41, 5.74) is 8.35. The molecule has 0 heterocycles. The summed E-state index contributed by atoms with van der Waals surface area (Å²) in [5.74, 6) is 0.823. The summed E-state index contributed by atoms with van der Waals surface area (Å²) in [7, 11) is 1.68. The lowest BCUT2D eigenvalue weighted by Gasteiger charge is -2.13. The van der Waals surface area contributed by atoms with Gasteiger partial charge in [-0.25, -0.2) is 0 Å². The van der Waals surface area contributed by atoms with Crippen molar-refractivity contribution in [3.8, 4) is 28.0 Å². The Bertz CT molecular complexity index is 1330. The monoisotopic (exact) mass is 406 g/mol. The minimum absolute atomic E-state index is 0.168. The van der Waals surface area contributed by atoms with Crippen molar-refractivity contribution >= 4 is 10.8 Å². The van der Waals surface area contributed by atoms with Crippen LogP contribution >= 0.6 is 0 Å². The molecule has 1 aliphatic carbocycles. The van der Waals surface area contributed by atoms with Crippen LogP contribution < -0.4 is 10.2 Å². The van der Waals surface area contributed by atoms with E-state index in [0.29, 0.717) is 0 Å². The average molecular weight is 407 g/mol. The first-order valence-electron chi connectivity index (χ1n) is 11.1. The van der Waals surface area contributed by atoms with Crippen LogP contribution in [0.15, 0.2) is 77.6 Å². The molecule has 2 nitrogen and oxygen atoms in total. The first kappa shape index (κ1) is 19.6.